The average molecular weight is 302 g/mol. The Bertz CT molecular complexity index is 532. The summed E-state index contributed by atoms with van der Waals surface area (Å²) in [5.41, 5.74) is 10.3. The quantitative estimate of drug-likeness (QED) is 0.911. The minimum absolute atomic E-state index is 0.0925. The molecular weight excluding hydrogens is 272 g/mol. The number of fused-ring (bicyclic) bond motifs is 1. The van der Waals surface area contributed by atoms with Gasteiger partial charge in [0.1, 0.15) is 5.75 Å². The molecule has 3 nitrogen and oxygen atoms in total. The fourth-order valence-electron chi connectivity index (χ4n) is 4.42. The SMILES string of the molecule is Cc1cc(C)c2c(c1)C(N)C(CN1CC(C)CC(C)C1)CO2. The predicted octanol–water partition coefficient (Wildman–Crippen LogP) is 3.29. The maximum absolute atomic E-state index is 6.61. The molecule has 3 heteroatoms. The number of hydrogen-bond acceptors (Lipinski definition) is 3. The van der Waals surface area contributed by atoms with Crippen molar-refractivity contribution < 1.29 is 4.74 Å². The van der Waals surface area contributed by atoms with Crippen molar-refractivity contribution in [1.82, 2.24) is 4.90 Å². The summed E-state index contributed by atoms with van der Waals surface area (Å²) in [6.45, 7) is 13.2. The van der Waals surface area contributed by atoms with Crippen LogP contribution < -0.4 is 10.5 Å². The van der Waals surface area contributed by atoms with Gasteiger partial charge in [-0.1, -0.05) is 31.5 Å². The maximum Gasteiger partial charge on any atom is 0.127 e. The van der Waals surface area contributed by atoms with Crippen molar-refractivity contribution in [2.45, 2.75) is 40.2 Å². The van der Waals surface area contributed by atoms with Crippen LogP contribution in [0.1, 0.15) is 43.0 Å². The van der Waals surface area contributed by atoms with Crippen molar-refractivity contribution in [3.8, 4) is 5.75 Å². The Morgan fingerprint density at radius 2 is 1.86 bits per heavy atom. The lowest BCUT2D eigenvalue weighted by Gasteiger charge is -2.40. The Labute approximate surface area is 134 Å². The Hall–Kier alpha value is -1.06. The standard InChI is InChI=1S/C19H30N2O/c1-12-6-15(4)19-17(7-12)18(20)16(11-22-19)10-21-8-13(2)5-14(3)9-21/h6-7,13-14,16,18H,5,8-11,20H2,1-4H3. The Balaban J connectivity index is 1.74. The lowest BCUT2D eigenvalue weighted by molar-refractivity contribution is 0.0880. The topological polar surface area (TPSA) is 38.5 Å². The Morgan fingerprint density at radius 3 is 2.55 bits per heavy atom. The molecule has 0 saturated carbocycles. The van der Waals surface area contributed by atoms with E-state index < -0.39 is 0 Å². The molecule has 2 aliphatic heterocycles. The van der Waals surface area contributed by atoms with Crippen molar-refractivity contribution in [1.29, 1.82) is 0 Å². The van der Waals surface area contributed by atoms with Gasteiger partial charge in [-0.15, -0.1) is 0 Å². The van der Waals surface area contributed by atoms with E-state index in [4.69, 9.17) is 10.5 Å². The number of nitrogens with two attached hydrogens (primary N) is 1. The van der Waals surface area contributed by atoms with Gasteiger partial charge in [-0.2, -0.15) is 0 Å². The molecule has 0 radical (unpaired) electrons. The summed E-state index contributed by atoms with van der Waals surface area (Å²) in [4.78, 5) is 2.60. The van der Waals surface area contributed by atoms with E-state index in [0.717, 1.165) is 30.7 Å². The van der Waals surface area contributed by atoms with Gasteiger partial charge in [-0.05, 0) is 37.7 Å². The van der Waals surface area contributed by atoms with E-state index in [9.17, 15) is 0 Å². The first-order valence-electron chi connectivity index (χ1n) is 8.66. The highest BCUT2D eigenvalue weighted by Gasteiger charge is 2.32. The van der Waals surface area contributed by atoms with Crippen LogP contribution in [0.4, 0.5) is 0 Å². The molecule has 0 bridgehead atoms. The second kappa shape index (κ2) is 6.21. The molecular formula is C19H30N2O. The number of piperidine rings is 1. The first kappa shape index (κ1) is 15.8. The monoisotopic (exact) mass is 302 g/mol. The van der Waals surface area contributed by atoms with Crippen molar-refractivity contribution in [3.05, 3.63) is 28.8 Å². The number of likely N-dealkylation sites (tertiary alicyclic amines) is 1. The van der Waals surface area contributed by atoms with E-state index in [1.54, 1.807) is 0 Å². The van der Waals surface area contributed by atoms with E-state index in [1.807, 2.05) is 0 Å². The number of rotatable bonds is 2. The Kier molecular flexibility index (Phi) is 4.47. The van der Waals surface area contributed by atoms with Crippen LogP contribution in [0.2, 0.25) is 0 Å². The zero-order valence-electron chi connectivity index (χ0n) is 14.4. The molecule has 2 heterocycles. The van der Waals surface area contributed by atoms with E-state index in [2.05, 4.69) is 44.7 Å². The van der Waals surface area contributed by atoms with Gasteiger partial charge in [-0.3, -0.25) is 0 Å². The number of nitrogens with zero attached hydrogens (tertiary/aromatic N) is 1. The zero-order valence-corrected chi connectivity index (χ0v) is 14.4. The molecule has 2 aliphatic rings. The molecule has 0 aromatic heterocycles. The number of hydrogen-bond donors (Lipinski definition) is 1. The molecule has 1 saturated heterocycles. The van der Waals surface area contributed by atoms with Crippen molar-refractivity contribution >= 4 is 0 Å². The largest absolute Gasteiger partial charge is 0.493 e. The van der Waals surface area contributed by atoms with Gasteiger partial charge in [0.15, 0.2) is 0 Å². The summed E-state index contributed by atoms with van der Waals surface area (Å²) in [7, 11) is 0. The summed E-state index contributed by atoms with van der Waals surface area (Å²) >= 11 is 0. The highest BCUT2D eigenvalue weighted by molar-refractivity contribution is 5.46. The first-order valence-corrected chi connectivity index (χ1v) is 8.66. The number of benzene rings is 1. The fourth-order valence-corrected chi connectivity index (χ4v) is 4.42. The smallest absolute Gasteiger partial charge is 0.127 e. The van der Waals surface area contributed by atoms with Crippen molar-refractivity contribution in [2.24, 2.45) is 23.5 Å². The summed E-state index contributed by atoms with van der Waals surface area (Å²) in [6, 6.07) is 4.48. The lowest BCUT2D eigenvalue weighted by atomic mass is 9.86. The minimum Gasteiger partial charge on any atom is -0.493 e. The van der Waals surface area contributed by atoms with Crippen LogP contribution in [-0.4, -0.2) is 31.1 Å². The molecule has 0 aliphatic carbocycles. The first-order chi connectivity index (χ1) is 10.4. The Morgan fingerprint density at radius 1 is 1.18 bits per heavy atom. The molecule has 1 aromatic rings. The predicted molar refractivity (Wildman–Crippen MR) is 91.2 cm³/mol. The van der Waals surface area contributed by atoms with Crippen LogP contribution in [0.15, 0.2) is 12.1 Å². The second-order valence-corrected chi connectivity index (χ2v) is 7.76. The van der Waals surface area contributed by atoms with Crippen LogP contribution in [0.5, 0.6) is 5.75 Å². The van der Waals surface area contributed by atoms with Crippen molar-refractivity contribution in [2.75, 3.05) is 26.2 Å². The van der Waals surface area contributed by atoms with Gasteiger partial charge in [0.2, 0.25) is 0 Å². The van der Waals surface area contributed by atoms with Gasteiger partial charge < -0.3 is 15.4 Å². The molecule has 0 spiro atoms. The maximum atomic E-state index is 6.61. The summed E-state index contributed by atoms with van der Waals surface area (Å²) in [5.74, 6) is 3.00. The van der Waals surface area contributed by atoms with Gasteiger partial charge >= 0.3 is 0 Å². The van der Waals surface area contributed by atoms with Crippen LogP contribution in [0.25, 0.3) is 0 Å². The molecule has 1 aromatic carbocycles. The van der Waals surface area contributed by atoms with Gasteiger partial charge in [0.25, 0.3) is 0 Å². The van der Waals surface area contributed by atoms with Crippen LogP contribution in [-0.2, 0) is 0 Å². The third kappa shape index (κ3) is 3.16. The molecule has 4 atom stereocenters. The van der Waals surface area contributed by atoms with Gasteiger partial charge in [0, 0.05) is 37.2 Å². The highest BCUT2D eigenvalue weighted by Crippen LogP contribution is 2.38. The summed E-state index contributed by atoms with van der Waals surface area (Å²) in [5, 5.41) is 0. The average Bonchev–Trinajstić information content (AvgIpc) is 2.41. The molecule has 2 N–H and O–H groups in total. The molecule has 1 fully saturated rings. The van der Waals surface area contributed by atoms with E-state index in [-0.39, 0.29) is 6.04 Å². The third-order valence-corrected chi connectivity index (χ3v) is 5.19. The van der Waals surface area contributed by atoms with Gasteiger partial charge in [-0.25, -0.2) is 0 Å². The zero-order chi connectivity index (χ0) is 15.9. The summed E-state index contributed by atoms with van der Waals surface area (Å²) < 4.78 is 6.08. The number of aryl methyl sites for hydroxylation is 2. The van der Waals surface area contributed by atoms with Crippen LogP contribution in [0, 0.1) is 31.6 Å². The van der Waals surface area contributed by atoms with Gasteiger partial charge in [0.05, 0.1) is 6.61 Å². The fraction of sp³-hybridized carbons (Fsp3) is 0.684. The third-order valence-electron chi connectivity index (χ3n) is 5.19. The van der Waals surface area contributed by atoms with E-state index >= 15 is 0 Å². The van der Waals surface area contributed by atoms with Crippen LogP contribution in [0.3, 0.4) is 0 Å². The lowest BCUT2D eigenvalue weighted by Crippen LogP contribution is -2.45. The van der Waals surface area contributed by atoms with Crippen LogP contribution >= 0.6 is 0 Å². The molecule has 122 valence electrons. The highest BCUT2D eigenvalue weighted by atomic mass is 16.5. The molecule has 3 rings (SSSR count). The van der Waals surface area contributed by atoms with E-state index in [0.29, 0.717) is 5.92 Å². The number of ether oxygens (including phenoxy) is 1. The van der Waals surface area contributed by atoms with E-state index in [1.165, 1.54) is 36.2 Å². The van der Waals surface area contributed by atoms with Crippen molar-refractivity contribution in [3.63, 3.8) is 0 Å². The minimum atomic E-state index is 0.0925. The normalized spacial score (nSPS) is 32.4. The second-order valence-electron chi connectivity index (χ2n) is 7.76. The molecule has 4 unspecified atom stereocenters. The molecule has 0 amide bonds. The molecule has 22 heavy (non-hydrogen) atoms. The summed E-state index contributed by atoms with van der Waals surface area (Å²) in [6.07, 6.45) is 1.35.